The first-order chi connectivity index (χ1) is 5.71. The Morgan fingerprint density at radius 2 is 1.69 bits per heavy atom. The van der Waals surface area contributed by atoms with Gasteiger partial charge in [-0.1, -0.05) is 27.7 Å². The Morgan fingerprint density at radius 1 is 1.31 bits per heavy atom. The highest BCUT2D eigenvalue weighted by atomic mass is 16.4. The smallest absolute Gasteiger partial charge is 0.332 e. The molecule has 13 heavy (non-hydrogen) atoms. The van der Waals surface area contributed by atoms with Crippen molar-refractivity contribution in [3.8, 4) is 0 Å². The highest BCUT2D eigenvalue weighted by Crippen LogP contribution is 2.69. The molecule has 1 unspecified atom stereocenters. The zero-order chi connectivity index (χ0) is 10.4. The molecule has 1 fully saturated rings. The van der Waals surface area contributed by atoms with Crippen LogP contribution in [0.25, 0.3) is 0 Å². The third kappa shape index (κ3) is 1.46. The number of rotatable bonds is 3. The third-order valence-electron chi connectivity index (χ3n) is 4.06. The van der Waals surface area contributed by atoms with E-state index in [0.717, 1.165) is 0 Å². The second kappa shape index (κ2) is 2.71. The molecule has 0 radical (unpaired) electrons. The fraction of sp³-hybridized carbons (Fsp3) is 0.900. The van der Waals surface area contributed by atoms with Crippen LogP contribution in [0.4, 0.5) is 0 Å². The predicted octanol–water partition coefficient (Wildman–Crippen LogP) is 1.50. The van der Waals surface area contributed by atoms with Crippen LogP contribution in [0.2, 0.25) is 0 Å². The zero-order valence-electron chi connectivity index (χ0n) is 8.66. The van der Waals surface area contributed by atoms with Crippen molar-refractivity contribution in [1.82, 2.24) is 0 Å². The van der Waals surface area contributed by atoms with Crippen molar-refractivity contribution in [2.45, 2.75) is 40.2 Å². The number of hydrogen-bond acceptors (Lipinski definition) is 2. The fourth-order valence-corrected chi connectivity index (χ4v) is 2.25. The van der Waals surface area contributed by atoms with Gasteiger partial charge in [0.15, 0.2) is 6.10 Å². The summed E-state index contributed by atoms with van der Waals surface area (Å²) in [6, 6.07) is 0. The van der Waals surface area contributed by atoms with Crippen molar-refractivity contribution in [3.05, 3.63) is 0 Å². The van der Waals surface area contributed by atoms with Gasteiger partial charge in [-0.15, -0.1) is 0 Å². The molecule has 3 heteroatoms. The lowest BCUT2D eigenvalue weighted by molar-refractivity contribution is -0.147. The molecule has 0 heterocycles. The summed E-state index contributed by atoms with van der Waals surface area (Å²) < 4.78 is 0. The Labute approximate surface area is 78.8 Å². The maximum Gasteiger partial charge on any atom is 0.332 e. The van der Waals surface area contributed by atoms with E-state index in [2.05, 4.69) is 27.7 Å². The van der Waals surface area contributed by atoms with Crippen molar-refractivity contribution in [1.29, 1.82) is 0 Å². The molecular formula is C10H18O3. The number of hydrogen-bond donors (Lipinski definition) is 2. The molecule has 3 nitrogen and oxygen atoms in total. The summed E-state index contributed by atoms with van der Waals surface area (Å²) in [4.78, 5) is 10.4. The van der Waals surface area contributed by atoms with Gasteiger partial charge in [-0.2, -0.15) is 0 Å². The minimum Gasteiger partial charge on any atom is -0.479 e. The van der Waals surface area contributed by atoms with Crippen LogP contribution in [0, 0.1) is 16.7 Å². The standard InChI is InChI=1S/C10H18O3/c1-9(2)7(10(9,3)4)5-6(11)8(12)13/h6-7,11H,5H2,1-4H3,(H,12,13). The van der Waals surface area contributed by atoms with Crippen molar-refractivity contribution in [2.24, 2.45) is 16.7 Å². The number of aliphatic hydroxyl groups is 1. The summed E-state index contributed by atoms with van der Waals surface area (Å²) >= 11 is 0. The molecule has 0 bridgehead atoms. The third-order valence-corrected chi connectivity index (χ3v) is 4.06. The van der Waals surface area contributed by atoms with Crippen LogP contribution in [0.1, 0.15) is 34.1 Å². The predicted molar refractivity (Wildman–Crippen MR) is 49.3 cm³/mol. The van der Waals surface area contributed by atoms with Gasteiger partial charge in [0.1, 0.15) is 0 Å². The molecule has 0 aromatic heterocycles. The summed E-state index contributed by atoms with van der Waals surface area (Å²) in [6.45, 7) is 8.47. The molecule has 0 spiro atoms. The molecule has 1 atom stereocenters. The van der Waals surface area contributed by atoms with Crippen LogP contribution in [0.15, 0.2) is 0 Å². The normalized spacial score (nSPS) is 26.8. The molecule has 0 aliphatic heterocycles. The Balaban J connectivity index is 2.56. The molecule has 0 amide bonds. The second-order valence-electron chi connectivity index (χ2n) is 5.09. The summed E-state index contributed by atoms with van der Waals surface area (Å²) in [6.07, 6.45) is -0.832. The molecule has 0 aromatic rings. The quantitative estimate of drug-likeness (QED) is 0.702. The lowest BCUT2D eigenvalue weighted by Crippen LogP contribution is -2.21. The van der Waals surface area contributed by atoms with Crippen molar-refractivity contribution < 1.29 is 15.0 Å². The second-order valence-corrected chi connectivity index (χ2v) is 5.09. The van der Waals surface area contributed by atoms with Crippen LogP contribution in [0.3, 0.4) is 0 Å². The molecule has 1 rings (SSSR count). The first-order valence-corrected chi connectivity index (χ1v) is 4.62. The lowest BCUT2D eigenvalue weighted by atomic mass is 10.0. The number of aliphatic carboxylic acids is 1. The minimum atomic E-state index is -1.20. The molecule has 0 aromatic carbocycles. The molecule has 0 saturated heterocycles. The lowest BCUT2D eigenvalue weighted by Gasteiger charge is -2.05. The van der Waals surface area contributed by atoms with Gasteiger partial charge in [-0.3, -0.25) is 0 Å². The first-order valence-electron chi connectivity index (χ1n) is 4.62. The summed E-state index contributed by atoms with van der Waals surface area (Å²) in [5.41, 5.74) is 0.312. The van der Waals surface area contributed by atoms with Gasteiger partial charge in [-0.25, -0.2) is 4.79 Å². The maximum absolute atomic E-state index is 10.4. The van der Waals surface area contributed by atoms with Crippen LogP contribution in [-0.2, 0) is 4.79 Å². The summed E-state index contributed by atoms with van der Waals surface area (Å²) in [5, 5.41) is 17.8. The molecular weight excluding hydrogens is 168 g/mol. The number of carboxylic acid groups (broad SMARTS) is 1. The molecule has 2 N–H and O–H groups in total. The van der Waals surface area contributed by atoms with Gasteiger partial charge in [-0.05, 0) is 23.2 Å². The van der Waals surface area contributed by atoms with Gasteiger partial charge >= 0.3 is 5.97 Å². The molecule has 1 aliphatic carbocycles. The minimum absolute atomic E-state index is 0.156. The zero-order valence-corrected chi connectivity index (χ0v) is 8.66. The number of aliphatic hydroxyl groups excluding tert-OH is 1. The van der Waals surface area contributed by atoms with Crippen LogP contribution in [-0.4, -0.2) is 22.3 Å². The van der Waals surface area contributed by atoms with E-state index in [1.807, 2.05) is 0 Å². The van der Waals surface area contributed by atoms with Gasteiger partial charge in [0.25, 0.3) is 0 Å². The van der Waals surface area contributed by atoms with Crippen LogP contribution >= 0.6 is 0 Å². The molecule has 1 aliphatic rings. The van der Waals surface area contributed by atoms with Crippen molar-refractivity contribution in [2.75, 3.05) is 0 Å². The van der Waals surface area contributed by atoms with E-state index in [9.17, 15) is 9.90 Å². The highest BCUT2D eigenvalue weighted by molar-refractivity contribution is 5.72. The number of carbonyl (C=O) groups is 1. The van der Waals surface area contributed by atoms with E-state index in [1.165, 1.54) is 0 Å². The van der Waals surface area contributed by atoms with E-state index in [-0.39, 0.29) is 10.8 Å². The first kappa shape index (κ1) is 10.5. The average Bonchev–Trinajstić information content (AvgIpc) is 2.32. The van der Waals surface area contributed by atoms with Gasteiger partial charge in [0.2, 0.25) is 0 Å². The van der Waals surface area contributed by atoms with Gasteiger partial charge in [0, 0.05) is 0 Å². The van der Waals surface area contributed by atoms with Crippen molar-refractivity contribution >= 4 is 5.97 Å². The van der Waals surface area contributed by atoms with Crippen molar-refractivity contribution in [3.63, 3.8) is 0 Å². The van der Waals surface area contributed by atoms with E-state index < -0.39 is 12.1 Å². The Hall–Kier alpha value is -0.570. The molecule has 1 saturated carbocycles. The number of carboxylic acids is 1. The Bertz CT molecular complexity index is 216. The van der Waals surface area contributed by atoms with E-state index in [1.54, 1.807) is 0 Å². The Kier molecular flexibility index (Phi) is 2.19. The van der Waals surface area contributed by atoms with Gasteiger partial charge < -0.3 is 10.2 Å². The van der Waals surface area contributed by atoms with E-state index in [0.29, 0.717) is 12.3 Å². The summed E-state index contributed by atoms with van der Waals surface area (Å²) in [5.74, 6) is -0.801. The summed E-state index contributed by atoms with van der Waals surface area (Å²) in [7, 11) is 0. The molecule has 76 valence electrons. The van der Waals surface area contributed by atoms with Crippen LogP contribution < -0.4 is 0 Å². The van der Waals surface area contributed by atoms with Gasteiger partial charge in [0.05, 0.1) is 0 Å². The Morgan fingerprint density at radius 3 is 1.92 bits per heavy atom. The SMILES string of the molecule is CC1(C)C(CC(O)C(=O)O)C1(C)C. The monoisotopic (exact) mass is 186 g/mol. The largest absolute Gasteiger partial charge is 0.479 e. The fourth-order valence-electron chi connectivity index (χ4n) is 2.25. The van der Waals surface area contributed by atoms with E-state index in [4.69, 9.17) is 5.11 Å². The average molecular weight is 186 g/mol. The van der Waals surface area contributed by atoms with E-state index >= 15 is 0 Å². The highest BCUT2D eigenvalue weighted by Gasteiger charge is 2.64. The van der Waals surface area contributed by atoms with Crippen LogP contribution in [0.5, 0.6) is 0 Å². The maximum atomic E-state index is 10.4. The topological polar surface area (TPSA) is 57.5 Å².